The normalized spacial score (nSPS) is 24.5. The minimum absolute atomic E-state index is 0.137. The molecule has 1 saturated carbocycles. The molecule has 2 bridgehead atoms. The van der Waals surface area contributed by atoms with Gasteiger partial charge in [-0.3, -0.25) is 9.59 Å². The molecule has 2 aliphatic carbocycles. The number of halogens is 2. The van der Waals surface area contributed by atoms with Crippen molar-refractivity contribution < 1.29 is 9.59 Å². The highest BCUT2D eigenvalue weighted by Crippen LogP contribution is 2.59. The zero-order valence-corrected chi connectivity index (χ0v) is 20.8. The van der Waals surface area contributed by atoms with Crippen molar-refractivity contribution in [1.82, 2.24) is 0 Å². The maximum absolute atomic E-state index is 13.7. The van der Waals surface area contributed by atoms with Gasteiger partial charge < -0.3 is 0 Å². The molecular weight excluding hydrogens is 477 g/mol. The van der Waals surface area contributed by atoms with E-state index in [9.17, 15) is 9.59 Å². The number of anilines is 1. The highest BCUT2D eigenvalue weighted by molar-refractivity contribution is 6.38. The Morgan fingerprint density at radius 1 is 0.714 bits per heavy atom. The second kappa shape index (κ2) is 8.22. The Balaban J connectivity index is 1.49. The number of carbonyl (C=O) groups excluding carboxylic acids is 2. The quantitative estimate of drug-likeness (QED) is 0.286. The predicted molar refractivity (Wildman–Crippen MR) is 140 cm³/mol. The van der Waals surface area contributed by atoms with Gasteiger partial charge in [0.05, 0.1) is 22.5 Å². The van der Waals surface area contributed by atoms with E-state index in [1.165, 1.54) is 16.0 Å². The number of carbonyl (C=O) groups is 2. The van der Waals surface area contributed by atoms with Gasteiger partial charge in [-0.05, 0) is 54.3 Å². The van der Waals surface area contributed by atoms with Gasteiger partial charge in [-0.2, -0.15) is 0 Å². The van der Waals surface area contributed by atoms with E-state index in [4.69, 9.17) is 23.2 Å². The third kappa shape index (κ3) is 3.41. The van der Waals surface area contributed by atoms with Crippen molar-refractivity contribution in [1.29, 1.82) is 0 Å². The SMILES string of the molecule is Cc1ccc(C(=C2[C@H]3C=C[C@H]2[C@@H]2C(=O)N(c4cc(Cl)ccc4Cl)C(=O)[C@H]23)c2ccc(C)cc2)cc1. The first-order chi connectivity index (χ1) is 16.8. The summed E-state index contributed by atoms with van der Waals surface area (Å²) in [6.07, 6.45) is 4.22. The molecule has 174 valence electrons. The van der Waals surface area contributed by atoms with Gasteiger partial charge in [0.25, 0.3) is 0 Å². The molecule has 0 aromatic heterocycles. The Labute approximate surface area is 214 Å². The Morgan fingerprint density at radius 2 is 1.20 bits per heavy atom. The van der Waals surface area contributed by atoms with E-state index in [1.807, 2.05) is 0 Å². The number of rotatable bonds is 3. The number of hydrogen-bond donors (Lipinski definition) is 0. The van der Waals surface area contributed by atoms with Crippen LogP contribution in [0.2, 0.25) is 10.0 Å². The van der Waals surface area contributed by atoms with E-state index in [-0.39, 0.29) is 23.7 Å². The smallest absolute Gasteiger partial charge is 0.238 e. The van der Waals surface area contributed by atoms with Gasteiger partial charge in [0.1, 0.15) is 0 Å². The van der Waals surface area contributed by atoms with E-state index >= 15 is 0 Å². The molecule has 1 aliphatic heterocycles. The van der Waals surface area contributed by atoms with Gasteiger partial charge in [-0.15, -0.1) is 0 Å². The summed E-state index contributed by atoms with van der Waals surface area (Å²) in [6, 6.07) is 21.8. The molecule has 3 aliphatic rings. The molecule has 1 saturated heterocycles. The first-order valence-electron chi connectivity index (χ1n) is 11.7. The van der Waals surface area contributed by atoms with E-state index in [0.717, 1.165) is 22.3 Å². The number of nitrogens with zero attached hydrogens (tertiary/aromatic N) is 1. The van der Waals surface area contributed by atoms with Crippen LogP contribution < -0.4 is 4.90 Å². The van der Waals surface area contributed by atoms with Gasteiger partial charge in [0.15, 0.2) is 0 Å². The Kier molecular flexibility index (Phi) is 5.24. The first-order valence-corrected chi connectivity index (χ1v) is 12.5. The van der Waals surface area contributed by atoms with Crippen molar-refractivity contribution in [2.45, 2.75) is 13.8 Å². The summed E-state index contributed by atoms with van der Waals surface area (Å²) in [7, 11) is 0. The Bertz CT molecular complexity index is 1350. The lowest BCUT2D eigenvalue weighted by Gasteiger charge is -2.22. The maximum atomic E-state index is 13.7. The number of aryl methyl sites for hydroxylation is 2. The lowest BCUT2D eigenvalue weighted by atomic mass is 9.85. The van der Waals surface area contributed by atoms with Crippen molar-refractivity contribution in [2.75, 3.05) is 4.90 Å². The molecule has 35 heavy (non-hydrogen) atoms. The average Bonchev–Trinajstić information content (AvgIpc) is 3.47. The largest absolute Gasteiger partial charge is 0.274 e. The van der Waals surface area contributed by atoms with Gasteiger partial charge in [0.2, 0.25) is 11.8 Å². The fraction of sp³-hybridized carbons (Fsp3) is 0.200. The van der Waals surface area contributed by atoms with Crippen LogP contribution >= 0.6 is 23.2 Å². The standard InChI is InChI=1S/C30H23Cl2NO2/c1-16-3-7-18(8-4-16)25(19-9-5-17(2)6-10-19)26-21-12-13-22(26)28-27(21)29(34)33(30(28)35)24-15-20(31)11-14-23(24)32/h3-15,21-22,27-28H,1-2H3/t21-,22-,27+,28+/m1/s1. The molecule has 3 aromatic carbocycles. The van der Waals surface area contributed by atoms with Crippen LogP contribution in [-0.4, -0.2) is 11.8 Å². The highest BCUT2D eigenvalue weighted by Gasteiger charge is 2.62. The average molecular weight is 500 g/mol. The molecule has 0 unspecified atom stereocenters. The van der Waals surface area contributed by atoms with Crippen LogP contribution in [0.4, 0.5) is 5.69 Å². The summed E-state index contributed by atoms with van der Waals surface area (Å²) in [5.74, 6) is -1.55. The van der Waals surface area contributed by atoms with Gasteiger partial charge >= 0.3 is 0 Å². The fourth-order valence-electron chi connectivity index (χ4n) is 5.93. The monoisotopic (exact) mass is 499 g/mol. The number of imide groups is 1. The maximum Gasteiger partial charge on any atom is 0.238 e. The molecule has 0 N–H and O–H groups in total. The molecule has 2 amide bonds. The topological polar surface area (TPSA) is 37.4 Å². The summed E-state index contributed by atoms with van der Waals surface area (Å²) < 4.78 is 0. The van der Waals surface area contributed by atoms with Crippen LogP contribution in [0.3, 0.4) is 0 Å². The minimum Gasteiger partial charge on any atom is -0.274 e. The zero-order chi connectivity index (χ0) is 24.4. The number of allylic oxidation sites excluding steroid dienone is 3. The Morgan fingerprint density at radius 3 is 1.69 bits per heavy atom. The first kappa shape index (κ1) is 22.3. The molecule has 3 nitrogen and oxygen atoms in total. The lowest BCUT2D eigenvalue weighted by Crippen LogP contribution is -2.33. The third-order valence-electron chi connectivity index (χ3n) is 7.53. The molecule has 0 radical (unpaired) electrons. The lowest BCUT2D eigenvalue weighted by molar-refractivity contribution is -0.122. The zero-order valence-electron chi connectivity index (χ0n) is 19.3. The summed E-state index contributed by atoms with van der Waals surface area (Å²) in [5.41, 5.74) is 7.21. The molecule has 0 spiro atoms. The molecule has 1 heterocycles. The van der Waals surface area contributed by atoms with Crippen LogP contribution in [0.1, 0.15) is 22.3 Å². The summed E-state index contributed by atoms with van der Waals surface area (Å²) >= 11 is 12.6. The highest BCUT2D eigenvalue weighted by atomic mass is 35.5. The van der Waals surface area contributed by atoms with Crippen molar-refractivity contribution in [3.8, 4) is 0 Å². The Hall–Kier alpha value is -3.14. The van der Waals surface area contributed by atoms with Crippen LogP contribution in [0.5, 0.6) is 0 Å². The number of benzene rings is 3. The third-order valence-corrected chi connectivity index (χ3v) is 8.09. The van der Waals surface area contributed by atoms with Gasteiger partial charge in [0, 0.05) is 16.9 Å². The number of amides is 2. The molecule has 2 fully saturated rings. The molecule has 6 rings (SSSR count). The van der Waals surface area contributed by atoms with E-state index < -0.39 is 11.8 Å². The molecule has 3 aromatic rings. The van der Waals surface area contributed by atoms with Crippen molar-refractivity contribution >= 4 is 46.3 Å². The van der Waals surface area contributed by atoms with Crippen LogP contribution in [-0.2, 0) is 9.59 Å². The predicted octanol–water partition coefficient (Wildman–Crippen LogP) is 7.03. The van der Waals surface area contributed by atoms with Gasteiger partial charge in [-0.1, -0.05) is 95.0 Å². The van der Waals surface area contributed by atoms with E-state index in [1.54, 1.807) is 18.2 Å². The summed E-state index contributed by atoms with van der Waals surface area (Å²) in [6.45, 7) is 4.14. The van der Waals surface area contributed by atoms with E-state index in [0.29, 0.717) is 15.7 Å². The molecule has 5 heteroatoms. The van der Waals surface area contributed by atoms with E-state index in [2.05, 4.69) is 74.5 Å². The van der Waals surface area contributed by atoms with Crippen molar-refractivity contribution in [3.63, 3.8) is 0 Å². The molecule has 4 atom stereocenters. The van der Waals surface area contributed by atoms with Crippen molar-refractivity contribution in [3.05, 3.63) is 117 Å². The summed E-state index contributed by atoms with van der Waals surface area (Å²) in [5, 5.41) is 0.775. The van der Waals surface area contributed by atoms with Crippen LogP contribution in [0, 0.1) is 37.5 Å². The second-order valence-corrected chi connectivity index (χ2v) is 10.5. The minimum atomic E-state index is -0.437. The second-order valence-electron chi connectivity index (χ2n) is 9.66. The van der Waals surface area contributed by atoms with Gasteiger partial charge in [-0.25, -0.2) is 4.90 Å². The van der Waals surface area contributed by atoms with Crippen LogP contribution in [0.15, 0.2) is 84.5 Å². The summed E-state index contributed by atoms with van der Waals surface area (Å²) in [4.78, 5) is 28.7. The van der Waals surface area contributed by atoms with Crippen LogP contribution in [0.25, 0.3) is 5.57 Å². The number of fused-ring (bicyclic) bond motifs is 5. The number of hydrogen-bond acceptors (Lipinski definition) is 2. The molecular formula is C30H23Cl2NO2. The fourth-order valence-corrected chi connectivity index (χ4v) is 6.30. The van der Waals surface area contributed by atoms with Crippen molar-refractivity contribution in [2.24, 2.45) is 23.7 Å².